The van der Waals surface area contributed by atoms with Gasteiger partial charge in [0.15, 0.2) is 0 Å². The largest absolute Gasteiger partial charge is 0.495 e. The highest BCUT2D eigenvalue weighted by atomic mass is 16.5. The highest BCUT2D eigenvalue weighted by Crippen LogP contribution is 2.34. The van der Waals surface area contributed by atoms with Crippen molar-refractivity contribution in [2.24, 2.45) is 5.92 Å². The van der Waals surface area contributed by atoms with E-state index in [-0.39, 0.29) is 5.91 Å². The van der Waals surface area contributed by atoms with Gasteiger partial charge in [-0.1, -0.05) is 19.1 Å². The van der Waals surface area contributed by atoms with Gasteiger partial charge < -0.3 is 14.5 Å². The minimum atomic E-state index is 0.0822. The van der Waals surface area contributed by atoms with Crippen molar-refractivity contribution in [3.05, 3.63) is 48.3 Å². The van der Waals surface area contributed by atoms with E-state index >= 15 is 0 Å². The number of fused-ring (bicyclic) bond motifs is 1. The first-order valence-electron chi connectivity index (χ1n) is 8.19. The van der Waals surface area contributed by atoms with Crippen LogP contribution in [0.4, 0.5) is 11.4 Å². The molecular formula is C19H23N3O2. The first-order valence-corrected chi connectivity index (χ1v) is 8.19. The van der Waals surface area contributed by atoms with E-state index in [9.17, 15) is 4.79 Å². The number of hydrogen-bond acceptors (Lipinski definition) is 4. The summed E-state index contributed by atoms with van der Waals surface area (Å²) in [4.78, 5) is 20.7. The predicted octanol–water partition coefficient (Wildman–Crippen LogP) is 3.10. The zero-order valence-corrected chi connectivity index (χ0v) is 14.4. The fourth-order valence-electron chi connectivity index (χ4n) is 3.17. The normalized spacial score (nSPS) is 17.2. The van der Waals surface area contributed by atoms with Gasteiger partial charge in [0.25, 0.3) is 0 Å². The van der Waals surface area contributed by atoms with E-state index in [1.165, 1.54) is 0 Å². The molecular weight excluding hydrogens is 302 g/mol. The van der Waals surface area contributed by atoms with E-state index in [0.29, 0.717) is 12.5 Å². The van der Waals surface area contributed by atoms with Crippen LogP contribution in [0, 0.1) is 5.92 Å². The third-order valence-electron chi connectivity index (χ3n) is 4.31. The lowest BCUT2D eigenvalue weighted by Crippen LogP contribution is -2.33. The summed E-state index contributed by atoms with van der Waals surface area (Å²) in [6, 6.07) is 12.0. The smallest absolute Gasteiger partial charge is 0.223 e. The first kappa shape index (κ1) is 16.3. The number of rotatable bonds is 3. The second-order valence-electron chi connectivity index (χ2n) is 6.29. The van der Waals surface area contributed by atoms with Crippen molar-refractivity contribution in [1.29, 1.82) is 0 Å². The van der Waals surface area contributed by atoms with Crippen LogP contribution in [0.15, 0.2) is 42.6 Å². The molecule has 5 heteroatoms. The molecule has 1 aliphatic heterocycles. The van der Waals surface area contributed by atoms with Crippen LogP contribution in [-0.2, 0) is 11.3 Å². The van der Waals surface area contributed by atoms with Crippen molar-refractivity contribution in [2.45, 2.75) is 20.4 Å². The number of hydrogen-bond donors (Lipinski definition) is 0. The van der Waals surface area contributed by atoms with Gasteiger partial charge in [-0.3, -0.25) is 9.78 Å². The Morgan fingerprint density at radius 3 is 2.58 bits per heavy atom. The molecule has 0 fully saturated rings. The molecule has 5 nitrogen and oxygen atoms in total. The van der Waals surface area contributed by atoms with E-state index < -0.39 is 0 Å². The summed E-state index contributed by atoms with van der Waals surface area (Å²) in [5.74, 6) is 1.21. The molecule has 1 aromatic carbocycles. The first-order chi connectivity index (χ1) is 11.6. The highest BCUT2D eigenvalue weighted by Gasteiger charge is 2.26. The Balaban J connectivity index is 1.93. The van der Waals surface area contributed by atoms with Crippen LogP contribution in [0.25, 0.3) is 0 Å². The molecule has 2 heterocycles. The maximum Gasteiger partial charge on any atom is 0.223 e. The minimum absolute atomic E-state index is 0.0822. The molecule has 0 saturated heterocycles. The van der Waals surface area contributed by atoms with Gasteiger partial charge in [0.2, 0.25) is 5.91 Å². The second kappa shape index (κ2) is 6.91. The molecule has 0 N–H and O–H groups in total. The Morgan fingerprint density at radius 2 is 1.96 bits per heavy atom. The molecule has 126 valence electrons. The van der Waals surface area contributed by atoms with Gasteiger partial charge in [0, 0.05) is 20.0 Å². The molecule has 1 atom stereocenters. The van der Waals surface area contributed by atoms with E-state index in [0.717, 1.165) is 35.9 Å². The van der Waals surface area contributed by atoms with Crippen LogP contribution in [0.2, 0.25) is 0 Å². The average Bonchev–Trinajstić information content (AvgIpc) is 2.73. The molecule has 24 heavy (non-hydrogen) atoms. The Morgan fingerprint density at radius 1 is 1.21 bits per heavy atom. The lowest BCUT2D eigenvalue weighted by atomic mass is 10.1. The summed E-state index contributed by atoms with van der Waals surface area (Å²) in [7, 11) is 1.64. The number of anilines is 2. The number of amides is 1. The monoisotopic (exact) mass is 325 g/mol. The zero-order chi connectivity index (χ0) is 17.1. The van der Waals surface area contributed by atoms with Crippen LogP contribution >= 0.6 is 0 Å². The number of methoxy groups -OCH3 is 1. The van der Waals surface area contributed by atoms with Gasteiger partial charge in [-0.15, -0.1) is 0 Å². The molecule has 0 saturated carbocycles. The minimum Gasteiger partial charge on any atom is -0.495 e. The van der Waals surface area contributed by atoms with Crippen LogP contribution in [0.5, 0.6) is 5.75 Å². The summed E-state index contributed by atoms with van der Waals surface area (Å²) in [6.45, 7) is 6.13. The Labute approximate surface area is 142 Å². The molecule has 1 aromatic heterocycles. The summed E-state index contributed by atoms with van der Waals surface area (Å²) >= 11 is 0. The molecule has 0 aliphatic carbocycles. The Hall–Kier alpha value is -2.56. The van der Waals surface area contributed by atoms with Crippen LogP contribution < -0.4 is 14.5 Å². The number of nitrogens with zero attached hydrogens (tertiary/aromatic N) is 3. The molecule has 2 aromatic rings. The predicted molar refractivity (Wildman–Crippen MR) is 95.5 cm³/mol. The van der Waals surface area contributed by atoms with E-state index in [1.54, 1.807) is 20.2 Å². The number of pyridine rings is 1. The molecule has 1 amide bonds. The third-order valence-corrected chi connectivity index (χ3v) is 4.31. The van der Waals surface area contributed by atoms with Crippen molar-refractivity contribution in [3.8, 4) is 5.75 Å². The standard InChI is InChI=1S/C19H23N3O2/c1-14-11-21(13-16-8-9-17(24-3)10-20-16)18-6-4-5-7-19(18)22(12-14)15(2)23/h4-10,14H,11-13H2,1-3H3/t14-/m1/s1. The maximum absolute atomic E-state index is 12.1. The second-order valence-corrected chi connectivity index (χ2v) is 6.29. The zero-order valence-electron chi connectivity index (χ0n) is 14.4. The maximum atomic E-state index is 12.1. The van der Waals surface area contributed by atoms with Gasteiger partial charge >= 0.3 is 0 Å². The van der Waals surface area contributed by atoms with Crippen molar-refractivity contribution < 1.29 is 9.53 Å². The topological polar surface area (TPSA) is 45.7 Å². The van der Waals surface area contributed by atoms with Crippen molar-refractivity contribution in [1.82, 2.24) is 4.98 Å². The quantitative estimate of drug-likeness (QED) is 0.870. The number of benzene rings is 1. The summed E-state index contributed by atoms with van der Waals surface area (Å²) in [5, 5.41) is 0. The molecule has 0 spiro atoms. The number of para-hydroxylation sites is 2. The van der Waals surface area contributed by atoms with E-state index in [1.807, 2.05) is 35.2 Å². The van der Waals surface area contributed by atoms with Gasteiger partial charge in [-0.2, -0.15) is 0 Å². The number of ether oxygens (including phenoxy) is 1. The molecule has 3 rings (SSSR count). The van der Waals surface area contributed by atoms with Crippen molar-refractivity contribution in [2.75, 3.05) is 30.0 Å². The van der Waals surface area contributed by atoms with E-state index in [4.69, 9.17) is 4.74 Å². The van der Waals surface area contributed by atoms with Crippen molar-refractivity contribution in [3.63, 3.8) is 0 Å². The van der Waals surface area contributed by atoms with Crippen LogP contribution in [-0.4, -0.2) is 31.1 Å². The Bertz CT molecular complexity index is 715. The molecule has 1 aliphatic rings. The molecule has 0 unspecified atom stereocenters. The lowest BCUT2D eigenvalue weighted by Gasteiger charge is -2.26. The fourth-order valence-corrected chi connectivity index (χ4v) is 3.17. The van der Waals surface area contributed by atoms with Crippen LogP contribution in [0.3, 0.4) is 0 Å². The number of aromatic nitrogens is 1. The van der Waals surface area contributed by atoms with E-state index in [2.05, 4.69) is 22.9 Å². The fraction of sp³-hybridized carbons (Fsp3) is 0.368. The van der Waals surface area contributed by atoms with Gasteiger partial charge in [-0.05, 0) is 30.2 Å². The van der Waals surface area contributed by atoms with Crippen LogP contribution in [0.1, 0.15) is 19.5 Å². The Kier molecular flexibility index (Phi) is 4.69. The number of carbonyl (C=O) groups is 1. The van der Waals surface area contributed by atoms with Gasteiger partial charge in [-0.25, -0.2) is 0 Å². The average molecular weight is 325 g/mol. The molecule has 0 radical (unpaired) electrons. The number of carbonyl (C=O) groups excluding carboxylic acids is 1. The molecule has 0 bridgehead atoms. The van der Waals surface area contributed by atoms with Gasteiger partial charge in [0.1, 0.15) is 5.75 Å². The lowest BCUT2D eigenvalue weighted by molar-refractivity contribution is -0.116. The summed E-state index contributed by atoms with van der Waals surface area (Å²) in [6.07, 6.45) is 1.74. The van der Waals surface area contributed by atoms with Crippen molar-refractivity contribution >= 4 is 17.3 Å². The highest BCUT2D eigenvalue weighted by molar-refractivity contribution is 5.95. The summed E-state index contributed by atoms with van der Waals surface area (Å²) in [5.41, 5.74) is 3.03. The summed E-state index contributed by atoms with van der Waals surface area (Å²) < 4.78 is 5.17. The SMILES string of the molecule is COc1ccc(CN2C[C@@H](C)CN(C(C)=O)c3ccccc32)nc1. The third kappa shape index (κ3) is 3.35. The van der Waals surface area contributed by atoms with Gasteiger partial charge in [0.05, 0.1) is 36.9 Å².